The number of hydrogen-bond acceptors (Lipinski definition) is 5. The zero-order valence-corrected chi connectivity index (χ0v) is 29.2. The predicted octanol–water partition coefficient (Wildman–Crippen LogP) is 9.84. The lowest BCUT2D eigenvalue weighted by Crippen LogP contribution is -2.25. The molecule has 0 radical (unpaired) electrons. The van der Waals surface area contributed by atoms with Crippen LogP contribution in [0.5, 0.6) is 0 Å². The van der Waals surface area contributed by atoms with Crippen LogP contribution >= 0.6 is 47.4 Å². The number of hydrogen-bond donors (Lipinski definition) is 0. The van der Waals surface area contributed by atoms with E-state index in [2.05, 4.69) is 121 Å². The van der Waals surface area contributed by atoms with Gasteiger partial charge in [-0.05, 0) is 127 Å². The van der Waals surface area contributed by atoms with Crippen LogP contribution in [-0.4, -0.2) is 64.2 Å². The molecule has 4 nitrogen and oxygen atoms in total. The summed E-state index contributed by atoms with van der Waals surface area (Å²) < 4.78 is 0. The molecule has 0 amide bonds. The van der Waals surface area contributed by atoms with E-state index in [0.717, 1.165) is 61.9 Å². The summed E-state index contributed by atoms with van der Waals surface area (Å²) >= 11 is 14.3. The molecular weight excluding hydrogens is 627 g/mol. The van der Waals surface area contributed by atoms with Gasteiger partial charge < -0.3 is 19.6 Å². The van der Waals surface area contributed by atoms with E-state index in [0.29, 0.717) is 0 Å². The summed E-state index contributed by atoms with van der Waals surface area (Å²) in [5, 5.41) is 1.61. The quantitative estimate of drug-likeness (QED) is 0.185. The lowest BCUT2D eigenvalue weighted by Gasteiger charge is -2.33. The van der Waals surface area contributed by atoms with Crippen molar-refractivity contribution in [3.8, 4) is 0 Å². The van der Waals surface area contributed by atoms with E-state index in [1.165, 1.54) is 43.7 Å². The summed E-state index contributed by atoms with van der Waals surface area (Å²) in [4.78, 5) is 11.9. The van der Waals surface area contributed by atoms with Crippen LogP contribution in [-0.2, 0) is 12.8 Å². The molecule has 0 spiro atoms. The largest absolute Gasteiger partial charge is 0.341 e. The molecule has 0 saturated heterocycles. The minimum absolute atomic E-state index is 0. The molecule has 0 saturated carbocycles. The third kappa shape index (κ3) is 8.66. The van der Waals surface area contributed by atoms with E-state index < -0.39 is 0 Å². The minimum Gasteiger partial charge on any atom is -0.341 e. The Hall–Kier alpha value is -2.38. The van der Waals surface area contributed by atoms with Gasteiger partial charge in [-0.3, -0.25) is 0 Å². The maximum absolute atomic E-state index is 6.27. The minimum atomic E-state index is 0. The molecule has 0 fully saturated rings. The van der Waals surface area contributed by atoms with Crippen molar-refractivity contribution >= 4 is 70.1 Å². The van der Waals surface area contributed by atoms with Crippen molar-refractivity contribution in [3.63, 3.8) is 0 Å². The zero-order chi connectivity index (χ0) is 30.3. The van der Waals surface area contributed by atoms with Crippen molar-refractivity contribution in [1.82, 2.24) is 9.80 Å². The van der Waals surface area contributed by atoms with Gasteiger partial charge >= 0.3 is 0 Å². The summed E-state index contributed by atoms with van der Waals surface area (Å²) in [5.74, 6) is 0. The van der Waals surface area contributed by atoms with Gasteiger partial charge in [-0.15, -0.1) is 12.4 Å². The Balaban J connectivity index is 0.000000197. The highest BCUT2D eigenvalue weighted by molar-refractivity contribution is 7.99. The third-order valence-electron chi connectivity index (χ3n) is 7.85. The van der Waals surface area contributed by atoms with Crippen molar-refractivity contribution in [2.75, 3.05) is 64.2 Å². The van der Waals surface area contributed by atoms with Gasteiger partial charge in [0.05, 0.1) is 11.4 Å². The molecule has 2 aliphatic rings. The number of rotatable bonds is 8. The second-order valence-electron chi connectivity index (χ2n) is 11.7. The molecule has 0 atom stereocenters. The Morgan fingerprint density at radius 1 is 0.591 bits per heavy atom. The summed E-state index contributed by atoms with van der Waals surface area (Å²) in [6, 6.07) is 29.8. The van der Waals surface area contributed by atoms with Crippen LogP contribution in [0.15, 0.2) is 94.7 Å². The first kappa shape index (κ1) is 34.5. The van der Waals surface area contributed by atoms with Gasteiger partial charge in [0.15, 0.2) is 0 Å². The molecule has 4 aromatic carbocycles. The fourth-order valence-electron chi connectivity index (χ4n) is 5.76. The number of aryl methyl sites for hydroxylation is 2. The number of anilines is 4. The Kier molecular flexibility index (Phi) is 12.7. The molecule has 234 valence electrons. The summed E-state index contributed by atoms with van der Waals surface area (Å²) in [6.07, 6.45) is 4.42. The highest BCUT2D eigenvalue weighted by Gasteiger charge is 2.23. The van der Waals surface area contributed by atoms with Crippen LogP contribution in [0.25, 0.3) is 0 Å². The fourth-order valence-corrected chi connectivity index (χ4v) is 7.17. The zero-order valence-electron chi connectivity index (χ0n) is 26.1. The van der Waals surface area contributed by atoms with E-state index in [-0.39, 0.29) is 12.4 Å². The van der Waals surface area contributed by atoms with E-state index in [9.17, 15) is 0 Å². The van der Waals surface area contributed by atoms with Crippen LogP contribution < -0.4 is 9.80 Å². The number of halogens is 3. The van der Waals surface area contributed by atoms with Gasteiger partial charge in [0.25, 0.3) is 0 Å². The SMILES string of the molecule is CN(C)CCCN1c2ccccc2CCc2ccc(Cl)cc21.CN(C)CCCN1c2ccccc2Sc2ccc(Cl)cc21.Cl. The van der Waals surface area contributed by atoms with Gasteiger partial charge in [-0.25, -0.2) is 0 Å². The molecule has 0 unspecified atom stereocenters. The molecule has 8 heteroatoms. The standard InChI is InChI=1S/C19H23ClN2.C17H19ClN2S.ClH/c1-21(2)12-5-13-22-18-7-4-3-6-15(18)8-9-16-10-11-17(20)14-19(16)22;1-19(2)10-5-11-20-14-6-3-4-7-16(14)21-17-9-8-13(18)12-15(17)20;/h3-4,6-7,10-11,14H,5,8-9,12-13H2,1-2H3;3-4,6-9,12H,5,10-11H2,1-2H3;1H. The molecule has 0 N–H and O–H groups in total. The van der Waals surface area contributed by atoms with Crippen molar-refractivity contribution in [3.05, 3.63) is 106 Å². The lowest BCUT2D eigenvalue weighted by molar-refractivity contribution is 0.402. The average molecular weight is 670 g/mol. The van der Waals surface area contributed by atoms with Crippen LogP contribution in [0.3, 0.4) is 0 Å². The van der Waals surface area contributed by atoms with Gasteiger partial charge in [0.1, 0.15) is 0 Å². The van der Waals surface area contributed by atoms with Gasteiger partial charge in [0.2, 0.25) is 0 Å². The molecular formula is C36H43Cl3N4S. The number of benzene rings is 4. The van der Waals surface area contributed by atoms with Gasteiger partial charge in [-0.2, -0.15) is 0 Å². The summed E-state index contributed by atoms with van der Waals surface area (Å²) in [6.45, 7) is 4.20. The molecule has 2 aliphatic heterocycles. The highest BCUT2D eigenvalue weighted by atomic mass is 35.5. The van der Waals surface area contributed by atoms with Crippen LogP contribution in [0.2, 0.25) is 10.0 Å². The van der Waals surface area contributed by atoms with Crippen LogP contribution in [0.4, 0.5) is 22.7 Å². The normalized spacial score (nSPS) is 13.2. The average Bonchev–Trinajstić information content (AvgIpc) is 3.14. The molecule has 0 aliphatic carbocycles. The Labute approximate surface area is 284 Å². The Morgan fingerprint density at radius 3 is 1.75 bits per heavy atom. The molecule has 6 rings (SSSR count). The first-order chi connectivity index (χ1) is 20.8. The van der Waals surface area contributed by atoms with Crippen molar-refractivity contribution in [2.45, 2.75) is 35.5 Å². The predicted molar refractivity (Wildman–Crippen MR) is 195 cm³/mol. The topological polar surface area (TPSA) is 13.0 Å². The van der Waals surface area contributed by atoms with Crippen molar-refractivity contribution in [2.24, 2.45) is 0 Å². The summed E-state index contributed by atoms with van der Waals surface area (Å²) in [5.41, 5.74) is 7.95. The maximum atomic E-state index is 6.27. The first-order valence-electron chi connectivity index (χ1n) is 15.1. The molecule has 0 bridgehead atoms. The number of nitrogens with zero attached hydrogens (tertiary/aromatic N) is 4. The molecule has 2 heterocycles. The second kappa shape index (κ2) is 16.3. The highest BCUT2D eigenvalue weighted by Crippen LogP contribution is 2.48. The Morgan fingerprint density at radius 2 is 1.09 bits per heavy atom. The fraction of sp³-hybridized carbons (Fsp3) is 0.333. The van der Waals surface area contributed by atoms with E-state index in [1.807, 2.05) is 23.9 Å². The van der Waals surface area contributed by atoms with Crippen molar-refractivity contribution in [1.29, 1.82) is 0 Å². The molecule has 44 heavy (non-hydrogen) atoms. The first-order valence-corrected chi connectivity index (χ1v) is 16.6. The Bertz CT molecular complexity index is 1530. The summed E-state index contributed by atoms with van der Waals surface area (Å²) in [7, 11) is 8.48. The van der Waals surface area contributed by atoms with Gasteiger partial charge in [0, 0.05) is 44.3 Å². The van der Waals surface area contributed by atoms with Crippen LogP contribution in [0, 0.1) is 0 Å². The third-order valence-corrected chi connectivity index (χ3v) is 9.45. The van der Waals surface area contributed by atoms with Crippen LogP contribution in [0.1, 0.15) is 24.0 Å². The molecule has 0 aromatic heterocycles. The van der Waals surface area contributed by atoms with E-state index in [4.69, 9.17) is 23.2 Å². The van der Waals surface area contributed by atoms with E-state index >= 15 is 0 Å². The number of para-hydroxylation sites is 2. The monoisotopic (exact) mass is 668 g/mol. The smallest absolute Gasteiger partial charge is 0.0567 e. The lowest BCUT2D eigenvalue weighted by atomic mass is 10.0. The molecule has 4 aromatic rings. The second-order valence-corrected chi connectivity index (χ2v) is 13.7. The van der Waals surface area contributed by atoms with Gasteiger partial charge in [-0.1, -0.05) is 71.4 Å². The van der Waals surface area contributed by atoms with Crippen molar-refractivity contribution < 1.29 is 0 Å². The maximum Gasteiger partial charge on any atom is 0.0567 e. The van der Waals surface area contributed by atoms with E-state index in [1.54, 1.807) is 0 Å². The number of fused-ring (bicyclic) bond motifs is 4.